The van der Waals surface area contributed by atoms with Gasteiger partial charge in [0.25, 0.3) is 0 Å². The zero-order chi connectivity index (χ0) is 11.8. The number of aromatic nitrogens is 1. The minimum atomic E-state index is 0.699. The number of aryl methyl sites for hydroxylation is 1. The van der Waals surface area contributed by atoms with Gasteiger partial charge in [-0.05, 0) is 39.7 Å². The number of nitrogens with one attached hydrogen (secondary N) is 1. The Morgan fingerprint density at radius 1 is 1.41 bits per heavy atom. The van der Waals surface area contributed by atoms with E-state index in [1.807, 2.05) is 6.92 Å². The average molecular weight is 235 g/mol. The molecular formula is C13H21N3O. The molecule has 2 bridgehead atoms. The molecule has 0 aromatic carbocycles. The highest BCUT2D eigenvalue weighted by molar-refractivity contribution is 5.05. The molecular weight excluding hydrogens is 214 g/mol. The van der Waals surface area contributed by atoms with Crippen molar-refractivity contribution >= 4 is 0 Å². The summed E-state index contributed by atoms with van der Waals surface area (Å²) in [7, 11) is 2.21. The molecule has 2 saturated heterocycles. The van der Waals surface area contributed by atoms with Gasteiger partial charge in [-0.3, -0.25) is 4.90 Å². The fourth-order valence-corrected chi connectivity index (χ4v) is 3.23. The van der Waals surface area contributed by atoms with E-state index < -0.39 is 0 Å². The van der Waals surface area contributed by atoms with Crippen LogP contribution in [0, 0.1) is 6.92 Å². The average Bonchev–Trinajstić information content (AvgIpc) is 2.86. The van der Waals surface area contributed by atoms with Gasteiger partial charge in [0.15, 0.2) is 6.39 Å². The maximum Gasteiger partial charge on any atom is 0.181 e. The molecule has 1 aromatic heterocycles. The van der Waals surface area contributed by atoms with Crippen LogP contribution in [-0.2, 0) is 6.54 Å². The Balaban J connectivity index is 1.63. The highest BCUT2D eigenvalue weighted by Gasteiger charge is 2.35. The van der Waals surface area contributed by atoms with Gasteiger partial charge in [0.05, 0.1) is 5.69 Å². The number of fused-ring (bicyclic) bond motifs is 2. The summed E-state index contributed by atoms with van der Waals surface area (Å²) in [5, 5.41) is 3.68. The molecule has 3 rings (SSSR count). The maximum atomic E-state index is 5.26. The molecule has 17 heavy (non-hydrogen) atoms. The highest BCUT2D eigenvalue weighted by atomic mass is 16.3. The Bertz CT molecular complexity index is 378. The summed E-state index contributed by atoms with van der Waals surface area (Å²) in [6, 6.07) is 2.20. The molecule has 2 atom stereocenters. The maximum absolute atomic E-state index is 5.26. The molecule has 0 spiro atoms. The summed E-state index contributed by atoms with van der Waals surface area (Å²) in [6.45, 7) is 2.90. The molecule has 1 aromatic rings. The molecule has 2 fully saturated rings. The Kier molecular flexibility index (Phi) is 2.92. The topological polar surface area (TPSA) is 41.3 Å². The number of piperidine rings is 1. The van der Waals surface area contributed by atoms with Crippen molar-refractivity contribution < 1.29 is 4.42 Å². The van der Waals surface area contributed by atoms with Crippen molar-refractivity contribution in [1.29, 1.82) is 0 Å². The fraction of sp³-hybridized carbons (Fsp3) is 0.769. The summed E-state index contributed by atoms with van der Waals surface area (Å²) >= 11 is 0. The smallest absolute Gasteiger partial charge is 0.181 e. The Morgan fingerprint density at radius 2 is 2.12 bits per heavy atom. The van der Waals surface area contributed by atoms with E-state index >= 15 is 0 Å². The van der Waals surface area contributed by atoms with E-state index in [4.69, 9.17) is 4.42 Å². The summed E-state index contributed by atoms with van der Waals surface area (Å²) < 4.78 is 5.26. The third-order valence-corrected chi connectivity index (χ3v) is 4.32. The molecule has 2 unspecified atom stereocenters. The zero-order valence-electron chi connectivity index (χ0n) is 10.6. The summed E-state index contributed by atoms with van der Waals surface area (Å²) in [5.41, 5.74) is 1.08. The van der Waals surface area contributed by atoms with E-state index in [-0.39, 0.29) is 0 Å². The molecule has 3 heterocycles. The lowest BCUT2D eigenvalue weighted by molar-refractivity contribution is 0.164. The molecule has 2 aliphatic heterocycles. The van der Waals surface area contributed by atoms with Crippen LogP contribution >= 0.6 is 0 Å². The van der Waals surface area contributed by atoms with Crippen molar-refractivity contribution in [3.63, 3.8) is 0 Å². The zero-order valence-corrected chi connectivity index (χ0v) is 10.6. The molecule has 1 N–H and O–H groups in total. The van der Waals surface area contributed by atoms with Crippen molar-refractivity contribution in [3.8, 4) is 0 Å². The predicted molar refractivity (Wildman–Crippen MR) is 65.7 cm³/mol. The number of oxazole rings is 1. The minimum Gasteiger partial charge on any atom is -0.448 e. The van der Waals surface area contributed by atoms with Gasteiger partial charge in [-0.15, -0.1) is 0 Å². The Hall–Kier alpha value is -0.870. The van der Waals surface area contributed by atoms with Gasteiger partial charge in [-0.2, -0.15) is 0 Å². The first-order chi connectivity index (χ1) is 8.22. The largest absolute Gasteiger partial charge is 0.448 e. The van der Waals surface area contributed by atoms with Crippen LogP contribution in [0.4, 0.5) is 0 Å². The number of rotatable bonds is 3. The van der Waals surface area contributed by atoms with E-state index in [2.05, 4.69) is 22.2 Å². The fourth-order valence-electron chi connectivity index (χ4n) is 3.23. The number of hydrogen-bond donors (Lipinski definition) is 1. The summed E-state index contributed by atoms with van der Waals surface area (Å²) in [5.74, 6) is 0.953. The van der Waals surface area contributed by atoms with Crippen molar-refractivity contribution in [2.24, 2.45) is 0 Å². The second-order valence-corrected chi connectivity index (χ2v) is 5.53. The van der Waals surface area contributed by atoms with Gasteiger partial charge < -0.3 is 9.73 Å². The van der Waals surface area contributed by atoms with E-state index in [1.54, 1.807) is 6.39 Å². The van der Waals surface area contributed by atoms with Crippen LogP contribution in [0.15, 0.2) is 10.8 Å². The minimum absolute atomic E-state index is 0.699. The molecule has 0 amide bonds. The van der Waals surface area contributed by atoms with Crippen molar-refractivity contribution in [2.75, 3.05) is 7.05 Å². The van der Waals surface area contributed by atoms with Crippen LogP contribution in [0.1, 0.15) is 37.1 Å². The summed E-state index contributed by atoms with van der Waals surface area (Å²) in [4.78, 5) is 6.72. The van der Waals surface area contributed by atoms with E-state index in [0.29, 0.717) is 6.04 Å². The van der Waals surface area contributed by atoms with Crippen molar-refractivity contribution in [1.82, 2.24) is 15.2 Å². The van der Waals surface area contributed by atoms with Crippen LogP contribution in [0.2, 0.25) is 0 Å². The molecule has 0 saturated carbocycles. The molecule has 0 aliphatic carbocycles. The lowest BCUT2D eigenvalue weighted by Crippen LogP contribution is -2.46. The second kappa shape index (κ2) is 4.42. The second-order valence-electron chi connectivity index (χ2n) is 5.53. The van der Waals surface area contributed by atoms with Gasteiger partial charge >= 0.3 is 0 Å². The van der Waals surface area contributed by atoms with Gasteiger partial charge in [-0.1, -0.05) is 0 Å². The van der Waals surface area contributed by atoms with E-state index in [1.165, 1.54) is 25.7 Å². The Labute approximate surface area is 102 Å². The van der Waals surface area contributed by atoms with Crippen LogP contribution in [0.5, 0.6) is 0 Å². The van der Waals surface area contributed by atoms with Gasteiger partial charge in [0.2, 0.25) is 0 Å². The van der Waals surface area contributed by atoms with Crippen LogP contribution in [-0.4, -0.2) is 35.1 Å². The lowest BCUT2D eigenvalue weighted by atomic mass is 9.98. The number of nitrogens with zero attached hydrogens (tertiary/aromatic N) is 2. The van der Waals surface area contributed by atoms with Gasteiger partial charge in [-0.25, -0.2) is 4.98 Å². The lowest BCUT2D eigenvalue weighted by Gasteiger charge is -2.35. The van der Waals surface area contributed by atoms with E-state index in [0.717, 1.165) is 30.1 Å². The number of hydrogen-bond acceptors (Lipinski definition) is 4. The third-order valence-electron chi connectivity index (χ3n) is 4.32. The van der Waals surface area contributed by atoms with Crippen LogP contribution in [0.25, 0.3) is 0 Å². The molecule has 94 valence electrons. The molecule has 2 aliphatic rings. The first-order valence-electron chi connectivity index (χ1n) is 6.57. The first kappa shape index (κ1) is 11.2. The van der Waals surface area contributed by atoms with E-state index in [9.17, 15) is 0 Å². The van der Waals surface area contributed by atoms with Crippen molar-refractivity contribution in [2.45, 2.75) is 57.3 Å². The van der Waals surface area contributed by atoms with Crippen LogP contribution in [0.3, 0.4) is 0 Å². The monoisotopic (exact) mass is 235 g/mol. The molecule has 4 heteroatoms. The quantitative estimate of drug-likeness (QED) is 0.865. The van der Waals surface area contributed by atoms with Gasteiger partial charge in [0.1, 0.15) is 5.76 Å². The third kappa shape index (κ3) is 2.24. The summed E-state index contributed by atoms with van der Waals surface area (Å²) in [6.07, 6.45) is 6.83. The molecule has 0 radical (unpaired) electrons. The first-order valence-corrected chi connectivity index (χ1v) is 6.57. The standard InChI is InChI=1S/C13H21N3O/c1-9-13(14-8-17-9)7-16(2)12-5-10-3-4-11(6-12)15-10/h8,10-12,15H,3-7H2,1-2H3. The van der Waals surface area contributed by atoms with Gasteiger partial charge in [0, 0.05) is 24.7 Å². The normalized spacial score (nSPS) is 32.3. The Morgan fingerprint density at radius 3 is 2.71 bits per heavy atom. The van der Waals surface area contributed by atoms with Crippen LogP contribution < -0.4 is 5.32 Å². The highest BCUT2D eigenvalue weighted by Crippen LogP contribution is 2.29. The predicted octanol–water partition coefficient (Wildman–Crippen LogP) is 1.70. The van der Waals surface area contributed by atoms with Crippen molar-refractivity contribution in [3.05, 3.63) is 17.8 Å². The SMILES string of the molecule is Cc1ocnc1CN(C)C1CC2CCC(C1)N2. The molecule has 4 nitrogen and oxygen atoms in total.